The molecule has 16 heavy (non-hydrogen) atoms. The third kappa shape index (κ3) is 7.26. The molecule has 0 aromatic carbocycles. The third-order valence-corrected chi connectivity index (χ3v) is 2.25. The summed E-state index contributed by atoms with van der Waals surface area (Å²) in [4.78, 5) is 21.9. The predicted molar refractivity (Wildman–Crippen MR) is 61.1 cm³/mol. The average Bonchev–Trinajstić information content (AvgIpc) is 2.11. The van der Waals surface area contributed by atoms with E-state index < -0.39 is 5.97 Å². The number of carbonyl (C=O) groups is 2. The maximum atomic E-state index is 11.6. The molecule has 0 radical (unpaired) electrons. The summed E-state index contributed by atoms with van der Waals surface area (Å²) >= 11 is 0. The second kappa shape index (κ2) is 6.51. The van der Waals surface area contributed by atoms with Gasteiger partial charge in [-0.3, -0.25) is 9.59 Å². The van der Waals surface area contributed by atoms with Crippen LogP contribution in [-0.2, 0) is 14.3 Å². The number of ether oxygens (including phenoxy) is 1. The highest BCUT2D eigenvalue weighted by Gasteiger charge is 2.24. The van der Waals surface area contributed by atoms with Gasteiger partial charge in [-0.05, 0) is 18.3 Å². The van der Waals surface area contributed by atoms with E-state index in [1.54, 1.807) is 0 Å². The van der Waals surface area contributed by atoms with E-state index in [-0.39, 0.29) is 30.3 Å². The summed E-state index contributed by atoms with van der Waals surface area (Å²) in [6.07, 6.45) is 1.36. The Labute approximate surface area is 97.0 Å². The van der Waals surface area contributed by atoms with Gasteiger partial charge in [-0.1, -0.05) is 27.7 Å². The van der Waals surface area contributed by atoms with Crippen LogP contribution in [0.15, 0.2) is 0 Å². The normalized spacial score (nSPS) is 13.2. The van der Waals surface area contributed by atoms with Crippen molar-refractivity contribution in [3.8, 4) is 0 Å². The van der Waals surface area contributed by atoms with E-state index in [0.717, 1.165) is 12.8 Å². The molecule has 0 spiro atoms. The number of rotatable bonds is 6. The van der Waals surface area contributed by atoms with E-state index >= 15 is 0 Å². The molecule has 0 bridgehead atoms. The summed E-state index contributed by atoms with van der Waals surface area (Å²) in [6, 6.07) is 0. The standard InChI is InChI=1S/C12H22O4/c1-5-9(8-12(2,3)4)11(15)16-7-6-10(13)14/h9H,5-8H2,1-4H3,(H,13,14). The van der Waals surface area contributed by atoms with Crippen LogP contribution in [0.3, 0.4) is 0 Å². The molecular weight excluding hydrogens is 208 g/mol. The van der Waals surface area contributed by atoms with E-state index in [9.17, 15) is 9.59 Å². The molecule has 0 saturated carbocycles. The molecule has 0 aliphatic heterocycles. The van der Waals surface area contributed by atoms with Gasteiger partial charge in [0.25, 0.3) is 0 Å². The SMILES string of the molecule is CCC(CC(C)(C)C)C(=O)OCCC(=O)O. The molecule has 1 unspecified atom stereocenters. The summed E-state index contributed by atoms with van der Waals surface area (Å²) in [7, 11) is 0. The van der Waals surface area contributed by atoms with Crippen molar-refractivity contribution in [1.29, 1.82) is 0 Å². The Morgan fingerprint density at radius 1 is 1.31 bits per heavy atom. The van der Waals surface area contributed by atoms with Gasteiger partial charge in [0.15, 0.2) is 0 Å². The van der Waals surface area contributed by atoms with Gasteiger partial charge in [-0.2, -0.15) is 0 Å². The van der Waals surface area contributed by atoms with Crippen LogP contribution in [0, 0.1) is 11.3 Å². The van der Waals surface area contributed by atoms with Crippen molar-refractivity contribution in [3.63, 3.8) is 0 Å². The van der Waals surface area contributed by atoms with E-state index in [1.807, 2.05) is 6.92 Å². The molecule has 0 aromatic rings. The minimum Gasteiger partial charge on any atom is -0.481 e. The van der Waals surface area contributed by atoms with Crippen molar-refractivity contribution >= 4 is 11.9 Å². The number of carboxylic acid groups (broad SMARTS) is 1. The van der Waals surface area contributed by atoms with Crippen molar-refractivity contribution in [1.82, 2.24) is 0 Å². The van der Waals surface area contributed by atoms with Crippen LogP contribution in [0.2, 0.25) is 0 Å². The van der Waals surface area contributed by atoms with Crippen molar-refractivity contribution in [3.05, 3.63) is 0 Å². The molecule has 4 nitrogen and oxygen atoms in total. The van der Waals surface area contributed by atoms with Crippen molar-refractivity contribution in [2.75, 3.05) is 6.61 Å². The molecule has 4 heteroatoms. The molecule has 0 heterocycles. The van der Waals surface area contributed by atoms with Crippen LogP contribution >= 0.6 is 0 Å². The zero-order chi connectivity index (χ0) is 12.8. The first-order chi connectivity index (χ1) is 7.26. The molecule has 0 saturated heterocycles. The quantitative estimate of drug-likeness (QED) is 0.712. The number of carbonyl (C=O) groups excluding carboxylic acids is 1. The molecule has 1 N–H and O–H groups in total. The van der Waals surface area contributed by atoms with Crippen molar-refractivity contribution in [2.24, 2.45) is 11.3 Å². The van der Waals surface area contributed by atoms with Gasteiger partial charge < -0.3 is 9.84 Å². The number of carboxylic acids is 1. The molecule has 0 rings (SSSR count). The lowest BCUT2D eigenvalue weighted by Gasteiger charge is -2.23. The monoisotopic (exact) mass is 230 g/mol. The van der Waals surface area contributed by atoms with Gasteiger partial charge >= 0.3 is 11.9 Å². The highest BCUT2D eigenvalue weighted by molar-refractivity contribution is 5.73. The largest absolute Gasteiger partial charge is 0.481 e. The zero-order valence-electron chi connectivity index (χ0n) is 10.6. The predicted octanol–water partition coefficient (Wildman–Crippen LogP) is 2.47. The van der Waals surface area contributed by atoms with Gasteiger partial charge in [0.1, 0.15) is 6.61 Å². The highest BCUT2D eigenvalue weighted by atomic mass is 16.5. The molecule has 1 atom stereocenters. The van der Waals surface area contributed by atoms with Crippen LogP contribution < -0.4 is 0 Å². The first kappa shape index (κ1) is 14.9. The summed E-state index contributed by atoms with van der Waals surface area (Å²) in [5.41, 5.74) is 0.0759. The molecule has 0 aliphatic rings. The number of hydrogen-bond acceptors (Lipinski definition) is 3. The summed E-state index contributed by atoms with van der Waals surface area (Å²) < 4.78 is 4.93. The molecule has 94 valence electrons. The molecule has 0 fully saturated rings. The van der Waals surface area contributed by atoms with Crippen molar-refractivity contribution < 1.29 is 19.4 Å². The fourth-order valence-electron chi connectivity index (χ4n) is 1.49. The lowest BCUT2D eigenvalue weighted by Crippen LogP contribution is -2.23. The Morgan fingerprint density at radius 2 is 1.88 bits per heavy atom. The first-order valence-corrected chi connectivity index (χ1v) is 5.64. The summed E-state index contributed by atoms with van der Waals surface area (Å²) in [6.45, 7) is 8.12. The third-order valence-electron chi connectivity index (χ3n) is 2.25. The smallest absolute Gasteiger partial charge is 0.308 e. The van der Waals surface area contributed by atoms with E-state index in [0.29, 0.717) is 0 Å². The Balaban J connectivity index is 4.06. The first-order valence-electron chi connectivity index (χ1n) is 5.64. The second-order valence-electron chi connectivity index (χ2n) is 5.18. The van der Waals surface area contributed by atoms with Gasteiger partial charge in [-0.15, -0.1) is 0 Å². The molecular formula is C12H22O4. The maximum Gasteiger partial charge on any atom is 0.308 e. The van der Waals surface area contributed by atoms with Crippen molar-refractivity contribution in [2.45, 2.75) is 47.0 Å². The van der Waals surface area contributed by atoms with Gasteiger partial charge in [0.05, 0.1) is 12.3 Å². The Bertz CT molecular complexity index is 240. The number of aliphatic carboxylic acids is 1. The molecule has 0 aliphatic carbocycles. The highest BCUT2D eigenvalue weighted by Crippen LogP contribution is 2.26. The Hall–Kier alpha value is -1.06. The minimum absolute atomic E-state index is 0.0329. The van der Waals surface area contributed by atoms with Crippen LogP contribution in [0.4, 0.5) is 0 Å². The fourth-order valence-corrected chi connectivity index (χ4v) is 1.49. The minimum atomic E-state index is -0.948. The Morgan fingerprint density at radius 3 is 2.25 bits per heavy atom. The van der Waals surface area contributed by atoms with E-state index in [2.05, 4.69) is 20.8 Å². The van der Waals surface area contributed by atoms with Gasteiger partial charge in [0.2, 0.25) is 0 Å². The Kier molecular flexibility index (Phi) is 6.08. The zero-order valence-corrected chi connectivity index (χ0v) is 10.6. The van der Waals surface area contributed by atoms with E-state index in [1.165, 1.54) is 0 Å². The lowest BCUT2D eigenvalue weighted by molar-refractivity contribution is -0.151. The lowest BCUT2D eigenvalue weighted by atomic mass is 9.83. The van der Waals surface area contributed by atoms with Crippen LogP contribution in [0.1, 0.15) is 47.0 Å². The van der Waals surface area contributed by atoms with Crippen LogP contribution in [-0.4, -0.2) is 23.7 Å². The maximum absolute atomic E-state index is 11.6. The molecule has 0 amide bonds. The second-order valence-corrected chi connectivity index (χ2v) is 5.18. The van der Waals surface area contributed by atoms with Crippen LogP contribution in [0.25, 0.3) is 0 Å². The fraction of sp³-hybridized carbons (Fsp3) is 0.833. The molecule has 0 aromatic heterocycles. The van der Waals surface area contributed by atoms with E-state index in [4.69, 9.17) is 9.84 Å². The van der Waals surface area contributed by atoms with Gasteiger partial charge in [0, 0.05) is 0 Å². The van der Waals surface area contributed by atoms with Gasteiger partial charge in [-0.25, -0.2) is 0 Å². The average molecular weight is 230 g/mol. The summed E-state index contributed by atoms with van der Waals surface area (Å²) in [5.74, 6) is -1.36. The number of hydrogen-bond donors (Lipinski definition) is 1. The topological polar surface area (TPSA) is 63.6 Å². The summed E-state index contributed by atoms with van der Waals surface area (Å²) in [5, 5.41) is 8.42. The number of esters is 1. The van der Waals surface area contributed by atoms with Crippen LogP contribution in [0.5, 0.6) is 0 Å².